The van der Waals surface area contributed by atoms with Gasteiger partial charge in [0.25, 0.3) is 5.56 Å². The van der Waals surface area contributed by atoms with Gasteiger partial charge in [-0.05, 0) is 50.1 Å². The molecule has 0 fully saturated rings. The van der Waals surface area contributed by atoms with Crippen molar-refractivity contribution in [2.75, 3.05) is 0 Å². The molecular formula is C22H23ClFN3O3. The van der Waals surface area contributed by atoms with Crippen molar-refractivity contribution in [3.63, 3.8) is 0 Å². The number of para-hydroxylation sites is 1. The molecule has 0 saturated carbocycles. The zero-order valence-corrected chi connectivity index (χ0v) is 17.7. The van der Waals surface area contributed by atoms with Gasteiger partial charge >= 0.3 is 5.69 Å². The average molecular weight is 432 g/mol. The monoisotopic (exact) mass is 431 g/mol. The molecule has 0 spiro atoms. The van der Waals surface area contributed by atoms with Crippen LogP contribution in [0.3, 0.4) is 0 Å². The molecule has 1 aromatic heterocycles. The maximum Gasteiger partial charge on any atom is 0.336 e. The van der Waals surface area contributed by atoms with Crippen LogP contribution in [0.25, 0.3) is 16.6 Å². The summed E-state index contributed by atoms with van der Waals surface area (Å²) < 4.78 is 15.9. The summed E-state index contributed by atoms with van der Waals surface area (Å²) in [6.07, 6.45) is 1.08. The minimum absolute atomic E-state index is 0.0599. The van der Waals surface area contributed by atoms with Gasteiger partial charge in [-0.15, -0.1) is 0 Å². The molecule has 1 N–H and O–H groups in total. The first-order valence-electron chi connectivity index (χ1n) is 9.82. The molecular weight excluding hydrogens is 409 g/mol. The van der Waals surface area contributed by atoms with Gasteiger partial charge in [0.1, 0.15) is 11.9 Å². The molecule has 1 heterocycles. The first kappa shape index (κ1) is 21.8. The highest BCUT2D eigenvalue weighted by Crippen LogP contribution is 2.20. The largest absolute Gasteiger partial charge is 0.352 e. The average Bonchev–Trinajstić information content (AvgIpc) is 2.73. The second-order valence-corrected chi connectivity index (χ2v) is 7.56. The second kappa shape index (κ2) is 8.83. The maximum absolute atomic E-state index is 13.6. The number of nitrogens with one attached hydrogen (secondary N) is 1. The fraction of sp³-hybridized carbons (Fsp3) is 0.318. The van der Waals surface area contributed by atoms with Crippen LogP contribution < -0.4 is 16.6 Å². The molecule has 0 aliphatic rings. The third-order valence-electron chi connectivity index (χ3n) is 5.16. The SMILES string of the molecule is CC[C@H](C)NC(=O)[C@H](CC)n1c(=O)n(-c2ccc(F)c(Cl)c2)c(=O)c2ccccc21. The number of rotatable bonds is 6. The lowest BCUT2D eigenvalue weighted by atomic mass is 10.1. The molecule has 0 bridgehead atoms. The summed E-state index contributed by atoms with van der Waals surface area (Å²) in [5.74, 6) is -0.963. The Balaban J connectivity index is 2.33. The van der Waals surface area contributed by atoms with Gasteiger partial charge in [-0.3, -0.25) is 14.2 Å². The molecule has 0 radical (unpaired) electrons. The highest BCUT2D eigenvalue weighted by Gasteiger charge is 2.25. The van der Waals surface area contributed by atoms with E-state index in [1.807, 2.05) is 13.8 Å². The Morgan fingerprint density at radius 1 is 1.13 bits per heavy atom. The number of hydrogen-bond acceptors (Lipinski definition) is 3. The van der Waals surface area contributed by atoms with Crippen LogP contribution in [0.1, 0.15) is 39.7 Å². The van der Waals surface area contributed by atoms with Crippen LogP contribution in [-0.4, -0.2) is 21.1 Å². The summed E-state index contributed by atoms with van der Waals surface area (Å²) in [5, 5.41) is 2.97. The van der Waals surface area contributed by atoms with Crippen molar-refractivity contribution in [3.05, 3.63) is 74.1 Å². The summed E-state index contributed by atoms with van der Waals surface area (Å²) in [6, 6.07) is 9.36. The first-order valence-corrected chi connectivity index (χ1v) is 10.2. The number of aromatic nitrogens is 2. The molecule has 3 rings (SSSR count). The van der Waals surface area contributed by atoms with Crippen molar-refractivity contribution in [2.24, 2.45) is 0 Å². The number of hydrogen-bond donors (Lipinski definition) is 1. The molecule has 8 heteroatoms. The third kappa shape index (κ3) is 3.89. The van der Waals surface area contributed by atoms with Gasteiger partial charge in [-0.2, -0.15) is 0 Å². The summed E-state index contributed by atoms with van der Waals surface area (Å²) in [6.45, 7) is 5.63. The molecule has 2 aromatic carbocycles. The van der Waals surface area contributed by atoms with Crippen LogP contribution in [0.5, 0.6) is 0 Å². The highest BCUT2D eigenvalue weighted by molar-refractivity contribution is 6.30. The van der Waals surface area contributed by atoms with Crippen molar-refractivity contribution in [3.8, 4) is 5.69 Å². The van der Waals surface area contributed by atoms with Gasteiger partial charge in [0, 0.05) is 6.04 Å². The van der Waals surface area contributed by atoms with E-state index in [-0.39, 0.29) is 28.0 Å². The van der Waals surface area contributed by atoms with Crippen molar-refractivity contribution in [1.29, 1.82) is 0 Å². The van der Waals surface area contributed by atoms with E-state index in [4.69, 9.17) is 11.6 Å². The number of halogens is 2. The maximum atomic E-state index is 13.6. The van der Waals surface area contributed by atoms with E-state index in [2.05, 4.69) is 5.32 Å². The van der Waals surface area contributed by atoms with E-state index < -0.39 is 23.1 Å². The number of nitrogens with zero attached hydrogens (tertiary/aromatic N) is 2. The Labute approximate surface area is 177 Å². The molecule has 30 heavy (non-hydrogen) atoms. The summed E-state index contributed by atoms with van der Waals surface area (Å²) >= 11 is 5.88. The smallest absolute Gasteiger partial charge is 0.336 e. The fourth-order valence-corrected chi connectivity index (χ4v) is 3.54. The van der Waals surface area contributed by atoms with Crippen molar-refractivity contribution < 1.29 is 9.18 Å². The van der Waals surface area contributed by atoms with E-state index >= 15 is 0 Å². The van der Waals surface area contributed by atoms with E-state index in [1.54, 1.807) is 31.2 Å². The quantitative estimate of drug-likeness (QED) is 0.645. The number of carbonyl (C=O) groups excluding carboxylic acids is 1. The lowest BCUT2D eigenvalue weighted by Crippen LogP contribution is -2.45. The number of fused-ring (bicyclic) bond motifs is 1. The standard InChI is InChI=1S/C22H23ClFN3O3/c1-4-13(3)25-20(28)18(5-2)27-19-9-7-6-8-15(19)21(29)26(22(27)30)14-10-11-17(24)16(23)12-14/h6-13,18H,4-5H2,1-3H3,(H,25,28)/t13-,18-/m0/s1. The molecule has 1 amide bonds. The molecule has 158 valence electrons. The highest BCUT2D eigenvalue weighted by atomic mass is 35.5. The van der Waals surface area contributed by atoms with Gasteiger partial charge in [-0.25, -0.2) is 13.8 Å². The van der Waals surface area contributed by atoms with Crippen LogP contribution in [0, 0.1) is 5.82 Å². The van der Waals surface area contributed by atoms with Gasteiger partial charge in [0.15, 0.2) is 0 Å². The predicted octanol–water partition coefficient (Wildman–Crippen LogP) is 3.81. The van der Waals surface area contributed by atoms with Crippen molar-refractivity contribution >= 4 is 28.4 Å². The van der Waals surface area contributed by atoms with Gasteiger partial charge < -0.3 is 5.32 Å². The van der Waals surface area contributed by atoms with Crippen LogP contribution >= 0.6 is 11.6 Å². The van der Waals surface area contributed by atoms with Crippen molar-refractivity contribution in [1.82, 2.24) is 14.5 Å². The van der Waals surface area contributed by atoms with Crippen LogP contribution in [0.4, 0.5) is 4.39 Å². The minimum Gasteiger partial charge on any atom is -0.352 e. The molecule has 3 aromatic rings. The Morgan fingerprint density at radius 3 is 2.47 bits per heavy atom. The summed E-state index contributed by atoms with van der Waals surface area (Å²) in [4.78, 5) is 39.5. The fourth-order valence-electron chi connectivity index (χ4n) is 3.36. The molecule has 2 atom stereocenters. The Morgan fingerprint density at radius 2 is 1.83 bits per heavy atom. The normalized spacial score (nSPS) is 13.2. The van der Waals surface area contributed by atoms with Gasteiger partial charge in [0.2, 0.25) is 5.91 Å². The van der Waals surface area contributed by atoms with Crippen LogP contribution in [0.15, 0.2) is 52.1 Å². The number of benzene rings is 2. The van der Waals surface area contributed by atoms with E-state index in [0.29, 0.717) is 11.9 Å². The predicted molar refractivity (Wildman–Crippen MR) is 116 cm³/mol. The van der Waals surface area contributed by atoms with E-state index in [9.17, 15) is 18.8 Å². The number of carbonyl (C=O) groups is 1. The van der Waals surface area contributed by atoms with Gasteiger partial charge in [-0.1, -0.05) is 37.6 Å². The molecule has 0 aliphatic heterocycles. The lowest BCUT2D eigenvalue weighted by molar-refractivity contribution is -0.125. The zero-order valence-electron chi connectivity index (χ0n) is 17.0. The molecule has 0 unspecified atom stereocenters. The lowest BCUT2D eigenvalue weighted by Gasteiger charge is -2.23. The molecule has 0 saturated heterocycles. The second-order valence-electron chi connectivity index (χ2n) is 7.15. The Kier molecular flexibility index (Phi) is 6.41. The Bertz CT molecular complexity index is 1220. The number of amides is 1. The Hall–Kier alpha value is -2.93. The third-order valence-corrected chi connectivity index (χ3v) is 5.45. The summed E-state index contributed by atoms with van der Waals surface area (Å²) in [7, 11) is 0. The molecule has 6 nitrogen and oxygen atoms in total. The first-order chi connectivity index (χ1) is 14.3. The van der Waals surface area contributed by atoms with E-state index in [1.165, 1.54) is 16.7 Å². The topological polar surface area (TPSA) is 73.1 Å². The van der Waals surface area contributed by atoms with E-state index in [0.717, 1.165) is 17.1 Å². The van der Waals surface area contributed by atoms with Crippen molar-refractivity contribution in [2.45, 2.75) is 45.7 Å². The summed E-state index contributed by atoms with van der Waals surface area (Å²) in [5.41, 5.74) is -0.754. The van der Waals surface area contributed by atoms with Crippen LogP contribution in [-0.2, 0) is 4.79 Å². The minimum atomic E-state index is -0.820. The zero-order chi connectivity index (χ0) is 22.0. The van der Waals surface area contributed by atoms with Crippen LogP contribution in [0.2, 0.25) is 5.02 Å². The molecule has 0 aliphatic carbocycles. The van der Waals surface area contributed by atoms with Gasteiger partial charge in [0.05, 0.1) is 21.6 Å².